The number of aromatic nitrogens is 1. The molecule has 0 fully saturated rings. The van der Waals surface area contributed by atoms with Crippen molar-refractivity contribution in [2.75, 3.05) is 27.9 Å². The van der Waals surface area contributed by atoms with Gasteiger partial charge in [0.15, 0.2) is 11.5 Å². The highest BCUT2D eigenvalue weighted by molar-refractivity contribution is 8.28. The second-order valence-corrected chi connectivity index (χ2v) is 19.5. The molecule has 5 aromatic rings. The van der Waals surface area contributed by atoms with Gasteiger partial charge in [0.2, 0.25) is 0 Å². The maximum absolute atomic E-state index is 14.0. The van der Waals surface area contributed by atoms with Gasteiger partial charge in [0, 0.05) is 249 Å². The number of hydrogen-bond donors (Lipinski definition) is 1. The zero-order chi connectivity index (χ0) is 55.2. The summed E-state index contributed by atoms with van der Waals surface area (Å²) >= 11 is 0. The molecule has 1 aromatic heterocycles. The molecule has 7 nitrogen and oxygen atoms in total. The van der Waals surface area contributed by atoms with E-state index in [9.17, 15) is 9.18 Å². The summed E-state index contributed by atoms with van der Waals surface area (Å²) in [6, 6.07) is 24.4. The number of H-pyrrole nitrogens is 1. The summed E-state index contributed by atoms with van der Waals surface area (Å²) in [6.07, 6.45) is -11.8. The molecule has 3 heterocycles. The van der Waals surface area contributed by atoms with E-state index in [0.717, 1.165) is 52.9 Å². The van der Waals surface area contributed by atoms with Crippen molar-refractivity contribution in [3.05, 3.63) is 124 Å². The van der Waals surface area contributed by atoms with Crippen LogP contribution in [0.5, 0.6) is 17.2 Å². The number of nitrogens with one attached hydrogen (secondary N) is 1. The van der Waals surface area contributed by atoms with Crippen LogP contribution >= 0.6 is 0 Å². The number of carbonyl (C=O) groups excluding carboxylic acids is 1. The van der Waals surface area contributed by atoms with Crippen molar-refractivity contribution in [2.45, 2.75) is 31.5 Å². The largest absolute Gasteiger partial charge is 0.497 e. The smallest absolute Gasteiger partial charge is 0.337 e. The van der Waals surface area contributed by atoms with Gasteiger partial charge in [-0.25, -0.2) is 9.18 Å². The standard InChI is InChI=1S/C36H33FN2O5.B31/c1-41-26-12-13-30-28(17-26)29-18-31-27-19-33(44-20-21-4-6-23(7-5-21)36(40)43-3)32(42-2)16-24(27)14-15-39(31)35(34(29)38-30)22-8-10-25(37)11-9-22;1-17-25(16)29(24(14)15)31(28(22(10)11)23(12)13)30(26(18(2)3)19(4)5)27(20(6)7)21(8)9/h4-13,16-17,19,31,35,38H,14-15,18,20H2,1-3H3;. The summed E-state index contributed by atoms with van der Waals surface area (Å²) in [7, 11) is 103. The van der Waals surface area contributed by atoms with E-state index in [0.29, 0.717) is 23.7 Å². The zero-order valence-corrected chi connectivity index (χ0v) is 42.8. The number of methoxy groups -OCH3 is 3. The number of carbonyl (C=O) groups is 1. The predicted octanol–water partition coefficient (Wildman–Crippen LogP) is -4.87. The fourth-order valence-electron chi connectivity index (χ4n) is 11.5. The van der Waals surface area contributed by atoms with Crippen LogP contribution in [0.3, 0.4) is 0 Å². The maximum Gasteiger partial charge on any atom is 0.337 e. The Balaban J connectivity index is 0.000000262. The van der Waals surface area contributed by atoms with Crippen molar-refractivity contribution in [1.29, 1.82) is 0 Å². The van der Waals surface area contributed by atoms with Crippen molar-refractivity contribution in [3.8, 4) is 17.2 Å². The maximum atomic E-state index is 14.0. The lowest BCUT2D eigenvalue weighted by Gasteiger charge is -2.50. The lowest BCUT2D eigenvalue weighted by Crippen LogP contribution is -2.89. The van der Waals surface area contributed by atoms with Crippen LogP contribution in [0.1, 0.15) is 56.0 Å². The van der Waals surface area contributed by atoms with Crippen LogP contribution in [0.4, 0.5) is 4.39 Å². The number of hydrogen-bond acceptors (Lipinski definition) is 6. The number of halogens is 1. The summed E-state index contributed by atoms with van der Waals surface area (Å²) in [6.45, 7) is 1.16. The van der Waals surface area contributed by atoms with Gasteiger partial charge in [0.1, 0.15) is 18.2 Å². The molecule has 4 aromatic carbocycles. The van der Waals surface area contributed by atoms with Crippen LogP contribution in [-0.2, 0) is 24.2 Å². The zero-order valence-electron chi connectivity index (χ0n) is 42.8. The Kier molecular flexibility index (Phi) is 22.4. The fourth-order valence-corrected chi connectivity index (χ4v) is 11.5. The van der Waals surface area contributed by atoms with E-state index < -0.39 is 89.4 Å². The number of ether oxygens (including phenoxy) is 4. The minimum Gasteiger partial charge on any atom is -0.497 e. The normalized spacial score (nSPS) is 14.1. The average Bonchev–Trinajstić information content (AvgIpc) is 3.73. The molecule has 75 heavy (non-hydrogen) atoms. The van der Waals surface area contributed by atoms with Crippen molar-refractivity contribution in [3.63, 3.8) is 0 Å². The van der Waals surface area contributed by atoms with E-state index in [2.05, 4.69) is 34.1 Å². The second-order valence-electron chi connectivity index (χ2n) is 19.5. The quantitative estimate of drug-likeness (QED) is 0.0590. The van der Waals surface area contributed by atoms with E-state index in [4.69, 9.17) is 143 Å². The van der Waals surface area contributed by atoms with Crippen molar-refractivity contribution in [2.24, 2.45) is 0 Å². The molecule has 2 aliphatic heterocycles. The number of rotatable bonds is 21. The third kappa shape index (κ3) is 14.0. The van der Waals surface area contributed by atoms with Gasteiger partial charge in [-0.15, -0.1) is 0 Å². The van der Waals surface area contributed by atoms with E-state index >= 15 is 0 Å². The van der Waals surface area contributed by atoms with Gasteiger partial charge in [-0.1, -0.05) is 24.3 Å². The number of aromatic amines is 1. The van der Waals surface area contributed by atoms with Crippen LogP contribution in [0.2, 0.25) is 0 Å². The molecule has 1 N–H and O–H groups in total. The average molecular weight is 928 g/mol. The molecule has 2 atom stereocenters. The third-order valence-electron chi connectivity index (χ3n) is 14.9. The number of benzene rings is 4. The van der Waals surface area contributed by atoms with Crippen LogP contribution in [0.25, 0.3) is 10.9 Å². The first kappa shape index (κ1) is 61.4. The summed E-state index contributed by atoms with van der Waals surface area (Å²) in [4.78, 5) is 18.1. The highest BCUT2D eigenvalue weighted by Gasteiger charge is 2.53. The van der Waals surface area contributed by atoms with Gasteiger partial charge in [-0.05, 0) is 95.3 Å². The van der Waals surface area contributed by atoms with Gasteiger partial charge in [0.05, 0.1) is 32.9 Å². The lowest BCUT2D eigenvalue weighted by molar-refractivity contribution is 0.0600. The molecule has 0 saturated carbocycles. The molecule has 0 saturated heterocycles. The van der Waals surface area contributed by atoms with Crippen LogP contribution in [-0.4, -0.2) is 264 Å². The Morgan fingerprint density at radius 1 is 0.667 bits per heavy atom. The molecule has 0 aliphatic carbocycles. The second kappa shape index (κ2) is 27.4. The molecule has 0 amide bonds. The monoisotopic (exact) mass is 934 g/mol. The Labute approximate surface area is 472 Å². The summed E-state index contributed by atoms with van der Waals surface area (Å²) in [5.74, 6) is 1.54. The van der Waals surface area contributed by atoms with E-state index in [-0.39, 0.29) is 23.9 Å². The molecule has 317 valence electrons. The number of nitrogens with zero attached hydrogens (tertiary/aromatic N) is 1. The fraction of sp³-hybridized carbons (Fsp3) is 0.250. The molecule has 2 unspecified atom stereocenters. The molecule has 2 aliphatic rings. The Bertz CT molecular complexity index is 2610. The van der Waals surface area contributed by atoms with Gasteiger partial charge in [-0.3, -0.25) is 4.90 Å². The summed E-state index contributed by atoms with van der Waals surface area (Å²) in [5.41, 5.74) is 8.32. The summed E-state index contributed by atoms with van der Waals surface area (Å²) < 4.78 is 36.5. The first-order chi connectivity index (χ1) is 35.6. The minimum absolute atomic E-state index is 0.0686. The van der Waals surface area contributed by atoms with Crippen LogP contribution < -0.4 is 14.2 Å². The molecular formula is C36H33B31FN2O5. The van der Waals surface area contributed by atoms with Crippen LogP contribution in [0.15, 0.2) is 78.9 Å². The van der Waals surface area contributed by atoms with Gasteiger partial charge in [-0.2, -0.15) is 0 Å². The third-order valence-corrected chi connectivity index (χ3v) is 14.9. The van der Waals surface area contributed by atoms with E-state index in [1.807, 2.05) is 30.3 Å². The van der Waals surface area contributed by atoms with Gasteiger partial charge >= 0.3 is 5.97 Å². The highest BCUT2D eigenvalue weighted by Crippen LogP contribution is 2.50. The molecule has 0 bridgehead atoms. The van der Waals surface area contributed by atoms with Crippen LogP contribution in [0, 0.1) is 5.82 Å². The topological polar surface area (TPSA) is 73.0 Å². The lowest BCUT2D eigenvalue weighted by atomic mass is 8.31. The predicted molar refractivity (Wildman–Crippen MR) is 343 cm³/mol. The Hall–Kier alpha value is -2.81. The highest BCUT2D eigenvalue weighted by atomic mass is 19.1. The molecule has 39 heteroatoms. The SMILES string of the molecule is COC(=O)c1ccc(COc2cc3c(cc2OC)CCN2C3Cc3c([nH]c4ccc(OC)cc34)C2c2ccc(F)cc2)cc1.[B][B]B([B])B(B([B])[B])B(B(B([B])[B])B([B])[B])B(B(B([B])[B])B([B])[B])B(B([B])[B])B([B])[B]. The van der Waals surface area contributed by atoms with E-state index in [1.165, 1.54) is 43.0 Å². The minimum atomic E-state index is -1.07. The molecule has 7 rings (SSSR count). The van der Waals surface area contributed by atoms with Crippen molar-refractivity contribution >= 4 is 237 Å². The molecule has 0 spiro atoms. The van der Waals surface area contributed by atoms with Crippen molar-refractivity contribution < 1.29 is 28.1 Å². The molecular weight excluding hydrogens is 895 g/mol. The van der Waals surface area contributed by atoms with Crippen molar-refractivity contribution in [1.82, 2.24) is 9.88 Å². The van der Waals surface area contributed by atoms with E-state index in [1.54, 1.807) is 26.4 Å². The van der Waals surface area contributed by atoms with Gasteiger partial charge in [0.25, 0.3) is 0 Å². The first-order valence-electron chi connectivity index (χ1n) is 24.7. The number of esters is 1. The number of fused-ring (bicyclic) bond motifs is 6. The van der Waals surface area contributed by atoms with Gasteiger partial charge < -0.3 is 23.9 Å². The Morgan fingerprint density at radius 3 is 1.71 bits per heavy atom. The Morgan fingerprint density at radius 2 is 1.21 bits per heavy atom. The first-order valence-corrected chi connectivity index (χ1v) is 24.7. The summed E-state index contributed by atoms with van der Waals surface area (Å²) in [5, 5.41) is 1.14. The molecule has 33 radical (unpaired) electrons.